The van der Waals surface area contributed by atoms with E-state index in [-0.39, 0.29) is 5.97 Å². The lowest BCUT2D eigenvalue weighted by Gasteiger charge is -2.15. The van der Waals surface area contributed by atoms with Crippen LogP contribution in [0.1, 0.15) is 13.3 Å². The second kappa shape index (κ2) is 5.77. The van der Waals surface area contributed by atoms with Gasteiger partial charge in [-0.05, 0) is 18.4 Å². The van der Waals surface area contributed by atoms with Crippen molar-refractivity contribution in [1.29, 1.82) is 0 Å². The fourth-order valence-corrected chi connectivity index (χ4v) is 2.26. The van der Waals surface area contributed by atoms with Crippen LogP contribution in [0.3, 0.4) is 0 Å². The summed E-state index contributed by atoms with van der Waals surface area (Å²) in [6.07, 6.45) is 2.14. The van der Waals surface area contributed by atoms with E-state index in [1.54, 1.807) is 24.5 Å². The zero-order valence-electron chi connectivity index (χ0n) is 10.4. The molecule has 0 atom stereocenters. The van der Waals surface area contributed by atoms with Crippen molar-refractivity contribution in [2.24, 2.45) is 0 Å². The van der Waals surface area contributed by atoms with Gasteiger partial charge in [0.15, 0.2) is 0 Å². The van der Waals surface area contributed by atoms with E-state index in [4.69, 9.17) is 4.74 Å². The Bertz CT molecular complexity index is 541. The average molecular weight is 265 g/mol. The highest BCUT2D eigenvalue weighted by atomic mass is 32.1. The highest BCUT2D eigenvalue weighted by Crippen LogP contribution is 2.19. The second-order valence-corrected chi connectivity index (χ2v) is 4.72. The monoisotopic (exact) mass is 265 g/mol. The Labute approximate surface area is 109 Å². The molecule has 0 fully saturated rings. The lowest BCUT2D eigenvalue weighted by Crippen LogP contribution is -2.23. The highest BCUT2D eigenvalue weighted by molar-refractivity contribution is 7.16. The largest absolute Gasteiger partial charge is 0.466 e. The van der Waals surface area contributed by atoms with Crippen molar-refractivity contribution in [3.05, 3.63) is 17.6 Å². The van der Waals surface area contributed by atoms with Crippen molar-refractivity contribution in [1.82, 2.24) is 9.97 Å². The van der Waals surface area contributed by atoms with Crippen LogP contribution >= 0.6 is 11.3 Å². The number of aromatic nitrogens is 2. The highest BCUT2D eigenvalue weighted by Gasteiger charge is 2.09. The van der Waals surface area contributed by atoms with E-state index in [9.17, 15) is 4.79 Å². The smallest absolute Gasteiger partial charge is 0.307 e. The van der Waals surface area contributed by atoms with Gasteiger partial charge in [0.2, 0.25) is 5.95 Å². The van der Waals surface area contributed by atoms with Crippen LogP contribution in [0.15, 0.2) is 17.6 Å². The summed E-state index contributed by atoms with van der Waals surface area (Å²) in [5.41, 5.74) is 0. The normalized spacial score (nSPS) is 10.6. The predicted molar refractivity (Wildman–Crippen MR) is 71.9 cm³/mol. The molecule has 2 aromatic rings. The number of carbonyl (C=O) groups is 1. The molecule has 96 valence electrons. The number of thiophene rings is 1. The third-order valence-electron chi connectivity index (χ3n) is 2.49. The molecule has 0 N–H and O–H groups in total. The number of nitrogens with zero attached hydrogens (tertiary/aromatic N) is 3. The van der Waals surface area contributed by atoms with Crippen LogP contribution in [0, 0.1) is 0 Å². The van der Waals surface area contributed by atoms with Crippen molar-refractivity contribution in [2.75, 3.05) is 25.1 Å². The maximum Gasteiger partial charge on any atom is 0.307 e. The van der Waals surface area contributed by atoms with Crippen LogP contribution in [0.5, 0.6) is 0 Å². The molecule has 0 unspecified atom stereocenters. The number of esters is 1. The summed E-state index contributed by atoms with van der Waals surface area (Å²) in [6, 6.07) is 1.99. The Morgan fingerprint density at radius 1 is 1.56 bits per heavy atom. The third-order valence-corrected chi connectivity index (χ3v) is 3.32. The molecule has 6 heteroatoms. The molecule has 0 aromatic carbocycles. The minimum Gasteiger partial charge on any atom is -0.466 e. The van der Waals surface area contributed by atoms with Gasteiger partial charge in [-0.3, -0.25) is 4.79 Å². The van der Waals surface area contributed by atoms with Crippen molar-refractivity contribution >= 4 is 33.5 Å². The van der Waals surface area contributed by atoms with E-state index < -0.39 is 0 Å². The van der Waals surface area contributed by atoms with Crippen LogP contribution in [0.25, 0.3) is 10.2 Å². The molecular weight excluding hydrogens is 250 g/mol. The molecule has 0 aliphatic rings. The Kier molecular flexibility index (Phi) is 4.09. The van der Waals surface area contributed by atoms with Crippen LogP contribution in [-0.2, 0) is 9.53 Å². The molecule has 0 aliphatic carbocycles. The predicted octanol–water partition coefficient (Wildman–Crippen LogP) is 2.08. The first-order valence-electron chi connectivity index (χ1n) is 5.77. The maximum absolute atomic E-state index is 11.3. The standard InChI is InChI=1S/C12H15N3O2S/c1-3-17-10(16)4-6-15(2)12-13-8-9-5-7-18-11(9)14-12/h5,7-8H,3-4,6H2,1-2H3. The van der Waals surface area contributed by atoms with Gasteiger partial charge in [-0.15, -0.1) is 11.3 Å². The van der Waals surface area contributed by atoms with Gasteiger partial charge in [0.05, 0.1) is 13.0 Å². The van der Waals surface area contributed by atoms with E-state index in [2.05, 4.69) is 9.97 Å². The van der Waals surface area contributed by atoms with Crippen molar-refractivity contribution in [3.8, 4) is 0 Å². The molecule has 0 amide bonds. The average Bonchev–Trinajstić information content (AvgIpc) is 2.83. The summed E-state index contributed by atoms with van der Waals surface area (Å²) >= 11 is 1.58. The maximum atomic E-state index is 11.3. The van der Waals surface area contributed by atoms with Crippen molar-refractivity contribution < 1.29 is 9.53 Å². The summed E-state index contributed by atoms with van der Waals surface area (Å²) in [6.45, 7) is 2.77. The Morgan fingerprint density at radius 3 is 3.17 bits per heavy atom. The Hall–Kier alpha value is -1.69. The van der Waals surface area contributed by atoms with Gasteiger partial charge in [-0.25, -0.2) is 9.97 Å². The summed E-state index contributed by atoms with van der Waals surface area (Å²) in [4.78, 5) is 22.8. The first kappa shape index (κ1) is 12.8. The number of hydrogen-bond acceptors (Lipinski definition) is 6. The van der Waals surface area contributed by atoms with Gasteiger partial charge in [0, 0.05) is 25.2 Å². The SMILES string of the molecule is CCOC(=O)CCN(C)c1ncc2ccsc2n1. The molecule has 0 aliphatic heterocycles. The quantitative estimate of drug-likeness (QED) is 0.775. The van der Waals surface area contributed by atoms with E-state index >= 15 is 0 Å². The Morgan fingerprint density at radius 2 is 2.39 bits per heavy atom. The van der Waals surface area contributed by atoms with Gasteiger partial charge in [-0.2, -0.15) is 0 Å². The molecule has 2 aromatic heterocycles. The first-order chi connectivity index (χ1) is 8.70. The molecule has 0 bridgehead atoms. The van der Waals surface area contributed by atoms with Gasteiger partial charge < -0.3 is 9.64 Å². The van der Waals surface area contributed by atoms with Crippen LogP contribution in [0.4, 0.5) is 5.95 Å². The second-order valence-electron chi connectivity index (χ2n) is 3.83. The third kappa shape index (κ3) is 2.95. The minimum atomic E-state index is -0.193. The lowest BCUT2D eigenvalue weighted by molar-refractivity contribution is -0.142. The number of anilines is 1. The molecule has 0 saturated carbocycles. The number of hydrogen-bond donors (Lipinski definition) is 0. The van der Waals surface area contributed by atoms with E-state index in [1.165, 1.54) is 0 Å². The zero-order valence-corrected chi connectivity index (χ0v) is 11.2. The lowest BCUT2D eigenvalue weighted by atomic mass is 10.4. The summed E-state index contributed by atoms with van der Waals surface area (Å²) in [5, 5.41) is 3.03. The van der Waals surface area contributed by atoms with Gasteiger partial charge in [-0.1, -0.05) is 0 Å². The molecule has 5 nitrogen and oxygen atoms in total. The number of fused-ring (bicyclic) bond motifs is 1. The van der Waals surface area contributed by atoms with E-state index in [1.807, 2.05) is 23.4 Å². The van der Waals surface area contributed by atoms with Crippen LogP contribution in [-0.4, -0.2) is 36.1 Å². The minimum absolute atomic E-state index is 0.193. The molecular formula is C12H15N3O2S. The molecule has 0 spiro atoms. The summed E-state index contributed by atoms with van der Waals surface area (Å²) in [5.74, 6) is 0.441. The first-order valence-corrected chi connectivity index (χ1v) is 6.65. The van der Waals surface area contributed by atoms with Gasteiger partial charge >= 0.3 is 5.97 Å². The number of rotatable bonds is 5. The van der Waals surface area contributed by atoms with E-state index in [0.717, 1.165) is 10.2 Å². The van der Waals surface area contributed by atoms with Gasteiger partial charge in [0.1, 0.15) is 4.83 Å². The van der Waals surface area contributed by atoms with Gasteiger partial charge in [0.25, 0.3) is 0 Å². The molecule has 0 radical (unpaired) electrons. The fourth-order valence-electron chi connectivity index (χ4n) is 1.52. The zero-order chi connectivity index (χ0) is 13.0. The summed E-state index contributed by atoms with van der Waals surface area (Å²) < 4.78 is 4.88. The molecule has 2 rings (SSSR count). The fraction of sp³-hybridized carbons (Fsp3) is 0.417. The van der Waals surface area contributed by atoms with E-state index in [0.29, 0.717) is 25.5 Å². The Balaban J connectivity index is 1.99. The topological polar surface area (TPSA) is 55.3 Å². The number of carbonyl (C=O) groups excluding carboxylic acids is 1. The van der Waals surface area contributed by atoms with Crippen LogP contribution in [0.2, 0.25) is 0 Å². The van der Waals surface area contributed by atoms with Crippen molar-refractivity contribution in [2.45, 2.75) is 13.3 Å². The molecule has 2 heterocycles. The number of ether oxygens (including phenoxy) is 1. The van der Waals surface area contributed by atoms with Crippen LogP contribution < -0.4 is 4.90 Å². The summed E-state index contributed by atoms with van der Waals surface area (Å²) in [7, 11) is 1.87. The molecule has 18 heavy (non-hydrogen) atoms. The van der Waals surface area contributed by atoms with Crippen molar-refractivity contribution in [3.63, 3.8) is 0 Å². The molecule has 0 saturated heterocycles.